The summed E-state index contributed by atoms with van der Waals surface area (Å²) >= 11 is 0. The predicted octanol–water partition coefficient (Wildman–Crippen LogP) is 0.182. The van der Waals surface area contributed by atoms with Gasteiger partial charge in [-0.3, -0.25) is 0 Å². The van der Waals surface area contributed by atoms with Gasteiger partial charge in [0, 0.05) is 12.8 Å². The summed E-state index contributed by atoms with van der Waals surface area (Å²) in [6, 6.07) is 0.194. The normalized spacial score (nSPS) is 10.8. The topological polar surface area (TPSA) is 130 Å². The molecular formula is C8H12N6O2. The first-order valence-electron chi connectivity index (χ1n) is 4.90. The van der Waals surface area contributed by atoms with Crippen molar-refractivity contribution in [3.63, 3.8) is 0 Å². The fraction of sp³-hybridized carbons (Fsp3) is 0.500. The van der Waals surface area contributed by atoms with E-state index in [1.165, 1.54) is 0 Å². The molecule has 8 heteroatoms. The minimum atomic E-state index is 0.0969. The van der Waals surface area contributed by atoms with Gasteiger partial charge in [-0.15, -0.1) is 10.2 Å². The smallest absolute Gasteiger partial charge is 0.312 e. The first-order valence-corrected chi connectivity index (χ1v) is 4.90. The molecule has 86 valence electrons. The van der Waals surface area contributed by atoms with Gasteiger partial charge in [-0.1, -0.05) is 10.2 Å². The summed E-state index contributed by atoms with van der Waals surface area (Å²) in [4.78, 5) is 0. The van der Waals surface area contributed by atoms with Crippen LogP contribution in [-0.4, -0.2) is 20.4 Å². The average molecular weight is 224 g/mol. The van der Waals surface area contributed by atoms with Crippen LogP contribution in [0.25, 0.3) is 0 Å². The number of anilines is 2. The lowest BCUT2D eigenvalue weighted by atomic mass is 10.2. The molecule has 0 atom stereocenters. The van der Waals surface area contributed by atoms with Gasteiger partial charge < -0.3 is 20.3 Å². The number of nitrogens with two attached hydrogens (primary N) is 2. The summed E-state index contributed by atoms with van der Waals surface area (Å²) in [7, 11) is 0. The maximum absolute atomic E-state index is 5.29. The Labute approximate surface area is 91.0 Å². The van der Waals surface area contributed by atoms with Crippen molar-refractivity contribution in [1.29, 1.82) is 0 Å². The van der Waals surface area contributed by atoms with Crippen molar-refractivity contribution in [2.45, 2.75) is 25.7 Å². The molecule has 8 nitrogen and oxygen atoms in total. The van der Waals surface area contributed by atoms with E-state index in [-0.39, 0.29) is 12.0 Å². The van der Waals surface area contributed by atoms with E-state index in [4.69, 9.17) is 20.3 Å². The molecule has 0 amide bonds. The van der Waals surface area contributed by atoms with Crippen molar-refractivity contribution < 1.29 is 8.83 Å². The molecule has 0 saturated carbocycles. The molecule has 2 aromatic rings. The highest BCUT2D eigenvalue weighted by molar-refractivity contribution is 5.05. The summed E-state index contributed by atoms with van der Waals surface area (Å²) in [5.41, 5.74) is 10.6. The van der Waals surface area contributed by atoms with E-state index in [1.54, 1.807) is 0 Å². The van der Waals surface area contributed by atoms with E-state index in [9.17, 15) is 0 Å². The van der Waals surface area contributed by atoms with Crippen LogP contribution in [-0.2, 0) is 12.8 Å². The number of unbranched alkanes of at least 4 members (excludes halogenated alkanes) is 1. The fourth-order valence-electron chi connectivity index (χ4n) is 1.29. The van der Waals surface area contributed by atoms with Gasteiger partial charge in [0.05, 0.1) is 0 Å². The van der Waals surface area contributed by atoms with E-state index >= 15 is 0 Å². The number of rotatable bonds is 5. The maximum Gasteiger partial charge on any atom is 0.312 e. The maximum atomic E-state index is 5.29. The van der Waals surface area contributed by atoms with Crippen molar-refractivity contribution >= 4 is 12.0 Å². The molecule has 2 aromatic heterocycles. The zero-order valence-corrected chi connectivity index (χ0v) is 8.59. The van der Waals surface area contributed by atoms with Crippen LogP contribution >= 0.6 is 0 Å². The Morgan fingerprint density at radius 2 is 1.19 bits per heavy atom. The van der Waals surface area contributed by atoms with Gasteiger partial charge >= 0.3 is 12.0 Å². The highest BCUT2D eigenvalue weighted by Crippen LogP contribution is 2.09. The molecule has 16 heavy (non-hydrogen) atoms. The average Bonchev–Trinajstić information content (AvgIpc) is 2.83. The molecule has 0 saturated heterocycles. The Morgan fingerprint density at radius 3 is 1.50 bits per heavy atom. The van der Waals surface area contributed by atoms with Crippen LogP contribution in [0.2, 0.25) is 0 Å². The Balaban J connectivity index is 1.69. The number of nitrogens with zero attached hydrogens (tertiary/aromatic N) is 4. The highest BCUT2D eigenvalue weighted by atomic mass is 16.4. The van der Waals surface area contributed by atoms with Crippen LogP contribution in [0.1, 0.15) is 24.6 Å². The Kier molecular flexibility index (Phi) is 2.99. The quantitative estimate of drug-likeness (QED) is 0.688. The molecule has 0 aliphatic heterocycles. The van der Waals surface area contributed by atoms with Crippen molar-refractivity contribution in [3.8, 4) is 0 Å². The Bertz CT molecular complexity index is 409. The SMILES string of the molecule is Nc1nnc(CCCCc2nnc(N)o2)o1. The molecule has 2 rings (SSSR count). The monoisotopic (exact) mass is 224 g/mol. The number of hydrogen-bond acceptors (Lipinski definition) is 8. The van der Waals surface area contributed by atoms with Crippen molar-refractivity contribution in [1.82, 2.24) is 20.4 Å². The number of aromatic nitrogens is 4. The van der Waals surface area contributed by atoms with Crippen LogP contribution < -0.4 is 11.5 Å². The van der Waals surface area contributed by atoms with Crippen molar-refractivity contribution in [2.75, 3.05) is 11.5 Å². The molecule has 0 aliphatic carbocycles. The zero-order valence-electron chi connectivity index (χ0n) is 8.59. The third-order valence-electron chi connectivity index (χ3n) is 2.00. The molecular weight excluding hydrogens is 212 g/mol. The fourth-order valence-corrected chi connectivity index (χ4v) is 1.29. The van der Waals surface area contributed by atoms with Crippen LogP contribution in [0.3, 0.4) is 0 Å². The molecule has 4 N–H and O–H groups in total. The Hall–Kier alpha value is -2.12. The lowest BCUT2D eigenvalue weighted by Gasteiger charge is -1.94. The van der Waals surface area contributed by atoms with Crippen molar-refractivity contribution in [3.05, 3.63) is 11.8 Å². The number of hydrogen-bond donors (Lipinski definition) is 2. The van der Waals surface area contributed by atoms with Crippen LogP contribution in [0, 0.1) is 0 Å². The van der Waals surface area contributed by atoms with Gasteiger partial charge in [-0.05, 0) is 12.8 Å². The van der Waals surface area contributed by atoms with Gasteiger partial charge in [-0.2, -0.15) is 0 Å². The molecule has 0 fully saturated rings. The molecule has 0 spiro atoms. The predicted molar refractivity (Wildman–Crippen MR) is 54.1 cm³/mol. The largest absolute Gasteiger partial charge is 0.408 e. The lowest BCUT2D eigenvalue weighted by Crippen LogP contribution is -1.90. The van der Waals surface area contributed by atoms with E-state index in [0.717, 1.165) is 12.8 Å². The zero-order chi connectivity index (χ0) is 11.4. The van der Waals surface area contributed by atoms with E-state index in [0.29, 0.717) is 24.6 Å². The molecule has 0 aliphatic rings. The van der Waals surface area contributed by atoms with Crippen molar-refractivity contribution in [2.24, 2.45) is 0 Å². The minimum Gasteiger partial charge on any atom is -0.408 e. The number of nitrogen functional groups attached to an aromatic ring is 2. The summed E-state index contributed by atoms with van der Waals surface area (Å²) in [5, 5.41) is 14.6. The molecule has 0 radical (unpaired) electrons. The van der Waals surface area contributed by atoms with E-state index < -0.39 is 0 Å². The second kappa shape index (κ2) is 4.60. The minimum absolute atomic E-state index is 0.0969. The summed E-state index contributed by atoms with van der Waals surface area (Å²) in [6.07, 6.45) is 3.13. The van der Waals surface area contributed by atoms with E-state index in [1.807, 2.05) is 0 Å². The first kappa shape index (κ1) is 10.4. The second-order valence-corrected chi connectivity index (χ2v) is 3.28. The standard InChI is InChI=1S/C8H12N6O2/c9-7-13-11-5(15-7)3-1-2-4-6-12-14-8(10)16-6/h1-4H2,(H2,9,13)(H2,10,14). The Morgan fingerprint density at radius 1 is 0.750 bits per heavy atom. The summed E-state index contributed by atoms with van der Waals surface area (Å²) in [6.45, 7) is 0. The molecule has 0 bridgehead atoms. The lowest BCUT2D eigenvalue weighted by molar-refractivity contribution is 0.475. The number of aryl methyl sites for hydroxylation is 2. The van der Waals surface area contributed by atoms with Gasteiger partial charge in [0.1, 0.15) is 0 Å². The third kappa shape index (κ3) is 2.69. The first-order chi connectivity index (χ1) is 7.74. The van der Waals surface area contributed by atoms with Gasteiger partial charge in [0.2, 0.25) is 11.8 Å². The summed E-state index contributed by atoms with van der Waals surface area (Å²) < 4.78 is 10.0. The van der Waals surface area contributed by atoms with Crippen LogP contribution in [0.15, 0.2) is 8.83 Å². The van der Waals surface area contributed by atoms with E-state index in [2.05, 4.69) is 20.4 Å². The molecule has 0 aromatic carbocycles. The molecule has 2 heterocycles. The molecule has 0 unspecified atom stereocenters. The summed E-state index contributed by atoms with van der Waals surface area (Å²) in [5.74, 6) is 1.09. The highest BCUT2D eigenvalue weighted by Gasteiger charge is 2.05. The second-order valence-electron chi connectivity index (χ2n) is 3.28. The third-order valence-corrected chi connectivity index (χ3v) is 2.00. The van der Waals surface area contributed by atoms with Crippen LogP contribution in [0.5, 0.6) is 0 Å². The van der Waals surface area contributed by atoms with Gasteiger partial charge in [-0.25, -0.2) is 0 Å². The van der Waals surface area contributed by atoms with Gasteiger partial charge in [0.15, 0.2) is 0 Å². The van der Waals surface area contributed by atoms with Crippen LogP contribution in [0.4, 0.5) is 12.0 Å². The van der Waals surface area contributed by atoms with Gasteiger partial charge in [0.25, 0.3) is 0 Å².